The molecule has 0 radical (unpaired) electrons. The Kier molecular flexibility index (Phi) is 7.39. The first-order valence-electron chi connectivity index (χ1n) is 9.32. The molecular weight excluding hydrogens is 618 g/mol. The Labute approximate surface area is 210 Å². The van der Waals surface area contributed by atoms with Gasteiger partial charge in [0, 0.05) is 27.2 Å². The fourth-order valence-electron chi connectivity index (χ4n) is 3.14. The minimum absolute atomic E-state index is 0.146. The molecule has 3 rings (SSSR count). The molecule has 0 saturated carbocycles. The number of nitrogens with zero attached hydrogens (tertiary/aromatic N) is 2. The van der Waals surface area contributed by atoms with E-state index in [-0.39, 0.29) is 11.6 Å². The third-order valence-corrected chi connectivity index (χ3v) is 6.59. The summed E-state index contributed by atoms with van der Waals surface area (Å²) in [6.45, 7) is 0. The van der Waals surface area contributed by atoms with Crippen LogP contribution in [0.4, 0.5) is 49.6 Å². The lowest BCUT2D eigenvalue weighted by molar-refractivity contribution is -0.348. The highest BCUT2D eigenvalue weighted by atomic mass is 79.9. The molecule has 0 fully saturated rings. The number of hydrogen-bond acceptors (Lipinski definition) is 4. The molecule has 1 aromatic heterocycles. The molecule has 0 aliphatic rings. The van der Waals surface area contributed by atoms with Crippen LogP contribution in [0.15, 0.2) is 58.0 Å². The number of anilines is 1. The van der Waals surface area contributed by atoms with E-state index in [4.69, 9.17) is 0 Å². The van der Waals surface area contributed by atoms with Crippen molar-refractivity contribution in [3.8, 4) is 0 Å². The van der Waals surface area contributed by atoms with Gasteiger partial charge in [-0.25, -0.2) is 8.60 Å². The lowest BCUT2D eigenvalue weighted by Crippen LogP contribution is -2.50. The summed E-state index contributed by atoms with van der Waals surface area (Å²) in [6.07, 6.45) is -12.2. The summed E-state index contributed by atoms with van der Waals surface area (Å²) < 4.78 is 144. The highest BCUT2D eigenvalue weighted by molar-refractivity contribution is 9.10. The molecule has 1 atom stereocenters. The third kappa shape index (κ3) is 5.16. The van der Waals surface area contributed by atoms with E-state index in [1.54, 1.807) is 6.07 Å². The highest BCUT2D eigenvalue weighted by Gasteiger charge is 2.73. The fraction of sp³-hybridized carbons (Fsp3) is 0.200. The standard InChI is InChI=1S/C20H8BrF10N2O3S/c21-12-7-11(17(22,18(23,24)25)19(26,27)28)8-14(37(36)20(29,30)31)15(12)33(35)16(34)10-4-3-9-2-1-5-32-13(9)6-10/h1-8H/q-1. The Morgan fingerprint density at radius 1 is 0.919 bits per heavy atom. The first-order valence-corrected chi connectivity index (χ1v) is 11.3. The van der Waals surface area contributed by atoms with Gasteiger partial charge in [-0.2, -0.15) is 39.5 Å². The molecule has 2 aromatic carbocycles. The number of hydrogen-bond donors (Lipinski definition) is 0. The van der Waals surface area contributed by atoms with Crippen LogP contribution in [0.5, 0.6) is 0 Å². The first kappa shape index (κ1) is 28.8. The van der Waals surface area contributed by atoms with Crippen LogP contribution in [0.1, 0.15) is 15.9 Å². The Hall–Kier alpha value is -2.79. The summed E-state index contributed by atoms with van der Waals surface area (Å²) in [5, 5.41) is 12.4. The summed E-state index contributed by atoms with van der Waals surface area (Å²) in [5.41, 5.74) is -16.4. The van der Waals surface area contributed by atoms with Gasteiger partial charge < -0.3 is 10.3 Å². The van der Waals surface area contributed by atoms with Gasteiger partial charge >= 0.3 is 23.5 Å². The lowest BCUT2D eigenvalue weighted by atomic mass is 9.94. The van der Waals surface area contributed by atoms with Crippen molar-refractivity contribution in [1.82, 2.24) is 4.98 Å². The van der Waals surface area contributed by atoms with Gasteiger partial charge in [-0.15, -0.1) is 0 Å². The number of fused-ring (bicyclic) bond motifs is 1. The van der Waals surface area contributed by atoms with Crippen LogP contribution in [0, 0.1) is 5.21 Å². The zero-order valence-corrected chi connectivity index (χ0v) is 19.7. The van der Waals surface area contributed by atoms with Gasteiger partial charge in [0.1, 0.15) is 0 Å². The lowest BCUT2D eigenvalue weighted by Gasteiger charge is -2.34. The number of amides is 1. The Bertz CT molecular complexity index is 1380. The zero-order valence-electron chi connectivity index (χ0n) is 17.3. The smallest absolute Gasteiger partial charge is 0.475 e. The van der Waals surface area contributed by atoms with E-state index in [1.807, 2.05) is 0 Å². The highest BCUT2D eigenvalue weighted by Crippen LogP contribution is 2.55. The van der Waals surface area contributed by atoms with E-state index < -0.39 is 77.5 Å². The van der Waals surface area contributed by atoms with Crippen LogP contribution < -0.4 is 5.06 Å². The second-order valence-electron chi connectivity index (χ2n) is 7.18. The van der Waals surface area contributed by atoms with E-state index in [1.165, 1.54) is 18.3 Å². The topological polar surface area (TPSA) is 73.3 Å². The average Bonchev–Trinajstić information content (AvgIpc) is 2.79. The molecule has 5 nitrogen and oxygen atoms in total. The molecule has 1 amide bonds. The molecule has 3 aromatic rings. The zero-order chi connectivity index (χ0) is 28.1. The van der Waals surface area contributed by atoms with Crippen molar-refractivity contribution in [2.75, 3.05) is 5.06 Å². The van der Waals surface area contributed by atoms with Gasteiger partial charge in [-0.1, -0.05) is 12.1 Å². The number of halogens is 11. The molecule has 0 bridgehead atoms. The number of carbonyl (C=O) groups excluding carboxylic acids is 1. The van der Waals surface area contributed by atoms with Crippen molar-refractivity contribution in [1.29, 1.82) is 0 Å². The molecule has 1 unspecified atom stereocenters. The summed E-state index contributed by atoms with van der Waals surface area (Å²) in [5.74, 6) is -1.64. The number of hydroxylamine groups is 1. The summed E-state index contributed by atoms with van der Waals surface area (Å²) in [6, 6.07) is 5.51. The van der Waals surface area contributed by atoms with Crippen molar-refractivity contribution in [3.63, 3.8) is 0 Å². The molecule has 0 aliphatic heterocycles. The van der Waals surface area contributed by atoms with E-state index >= 15 is 0 Å². The van der Waals surface area contributed by atoms with Gasteiger partial charge in [-0.3, -0.25) is 9.78 Å². The van der Waals surface area contributed by atoms with Crippen molar-refractivity contribution < 1.29 is 52.9 Å². The summed E-state index contributed by atoms with van der Waals surface area (Å²) in [7, 11) is -4.47. The predicted octanol–water partition coefficient (Wildman–Crippen LogP) is 7.06. The Morgan fingerprint density at radius 2 is 1.51 bits per heavy atom. The van der Waals surface area contributed by atoms with Crippen molar-refractivity contribution in [2.45, 2.75) is 28.4 Å². The maximum atomic E-state index is 14.5. The Balaban J connectivity index is 2.26. The van der Waals surface area contributed by atoms with Crippen LogP contribution in [0.25, 0.3) is 10.9 Å². The SMILES string of the molecule is O=C(c1ccc2cccnc2c1)N([O-])c1c(Br)cc(C(F)(C(F)(F)F)C(F)(F)F)cc1S(=O)C(F)(F)F. The molecule has 0 N–H and O–H groups in total. The molecule has 200 valence electrons. The maximum Gasteiger partial charge on any atom is 0.475 e. The van der Waals surface area contributed by atoms with Crippen LogP contribution >= 0.6 is 15.9 Å². The largest absolute Gasteiger partial charge is 0.751 e. The van der Waals surface area contributed by atoms with E-state index in [9.17, 15) is 58.1 Å². The first-order chi connectivity index (χ1) is 16.8. The number of carbonyl (C=O) groups is 1. The van der Waals surface area contributed by atoms with Gasteiger partial charge in [0.05, 0.1) is 16.1 Å². The van der Waals surface area contributed by atoms with Crippen molar-refractivity contribution in [2.24, 2.45) is 0 Å². The number of benzene rings is 2. The molecule has 37 heavy (non-hydrogen) atoms. The maximum absolute atomic E-state index is 14.5. The second kappa shape index (κ2) is 9.50. The van der Waals surface area contributed by atoms with E-state index in [0.29, 0.717) is 5.39 Å². The quantitative estimate of drug-likeness (QED) is 0.230. The van der Waals surface area contributed by atoms with Crippen molar-refractivity contribution in [3.05, 3.63) is 69.5 Å². The minimum atomic E-state index is -6.73. The van der Waals surface area contributed by atoms with Gasteiger partial charge in [0.25, 0.3) is 0 Å². The van der Waals surface area contributed by atoms with Crippen LogP contribution in [-0.2, 0) is 16.5 Å². The molecule has 0 spiro atoms. The molecule has 17 heteroatoms. The van der Waals surface area contributed by atoms with Crippen LogP contribution in [-0.4, -0.2) is 33.0 Å². The van der Waals surface area contributed by atoms with E-state index in [0.717, 1.165) is 12.1 Å². The molecular formula is C20H8BrF10N2O3S-. The average molecular weight is 626 g/mol. The summed E-state index contributed by atoms with van der Waals surface area (Å²) in [4.78, 5) is 14.6. The summed E-state index contributed by atoms with van der Waals surface area (Å²) >= 11 is 2.33. The number of aromatic nitrogens is 1. The number of rotatable bonds is 4. The van der Waals surface area contributed by atoms with Crippen LogP contribution in [0.2, 0.25) is 0 Å². The fourth-order valence-corrected chi connectivity index (χ4v) is 4.75. The Morgan fingerprint density at radius 3 is 2.05 bits per heavy atom. The predicted molar refractivity (Wildman–Crippen MR) is 113 cm³/mol. The normalized spacial score (nSPS) is 14.1. The second-order valence-corrected chi connectivity index (χ2v) is 9.48. The van der Waals surface area contributed by atoms with Crippen LogP contribution in [0.3, 0.4) is 0 Å². The third-order valence-electron chi connectivity index (χ3n) is 4.86. The van der Waals surface area contributed by atoms with E-state index in [2.05, 4.69) is 20.9 Å². The molecule has 0 saturated heterocycles. The van der Waals surface area contributed by atoms with Gasteiger partial charge in [-0.05, 0) is 46.3 Å². The van der Waals surface area contributed by atoms with Gasteiger partial charge in [0.15, 0.2) is 10.8 Å². The van der Waals surface area contributed by atoms with Crippen molar-refractivity contribution >= 4 is 49.2 Å². The molecule has 1 heterocycles. The number of alkyl halides is 10. The van der Waals surface area contributed by atoms with Gasteiger partial charge in [0.2, 0.25) is 5.91 Å². The molecule has 0 aliphatic carbocycles. The number of pyridine rings is 1. The monoisotopic (exact) mass is 625 g/mol. The minimum Gasteiger partial charge on any atom is -0.751 e.